The summed E-state index contributed by atoms with van der Waals surface area (Å²) in [5, 5.41) is 4.01. The first-order valence-corrected chi connectivity index (χ1v) is 8.66. The second-order valence-corrected chi connectivity index (χ2v) is 6.58. The highest BCUT2D eigenvalue weighted by Crippen LogP contribution is 2.36. The lowest BCUT2D eigenvalue weighted by Crippen LogP contribution is -2.46. The molecule has 1 saturated heterocycles. The highest BCUT2D eigenvalue weighted by Gasteiger charge is 2.36. The first-order chi connectivity index (χ1) is 12.6. The summed E-state index contributed by atoms with van der Waals surface area (Å²) in [5.41, 5.74) is 1.78. The molecule has 8 nitrogen and oxygen atoms in total. The minimum atomic E-state index is -0.266. The summed E-state index contributed by atoms with van der Waals surface area (Å²) in [6, 6.07) is 3.42. The lowest BCUT2D eigenvalue weighted by atomic mass is 10.0. The summed E-state index contributed by atoms with van der Waals surface area (Å²) in [7, 11) is 0. The van der Waals surface area contributed by atoms with E-state index in [1.54, 1.807) is 18.3 Å². The number of rotatable bonds is 3. The van der Waals surface area contributed by atoms with Crippen LogP contribution in [0.15, 0.2) is 22.9 Å². The van der Waals surface area contributed by atoms with E-state index in [0.29, 0.717) is 18.1 Å². The molecule has 8 heteroatoms. The molecule has 0 radical (unpaired) electrons. The van der Waals surface area contributed by atoms with Crippen LogP contribution in [0.4, 0.5) is 5.82 Å². The van der Waals surface area contributed by atoms with E-state index in [4.69, 9.17) is 9.26 Å². The minimum absolute atomic E-state index is 0.0495. The maximum absolute atomic E-state index is 13.0. The Morgan fingerprint density at radius 3 is 3.00 bits per heavy atom. The molecule has 2 amide bonds. The van der Waals surface area contributed by atoms with Crippen LogP contribution in [0.2, 0.25) is 0 Å². The van der Waals surface area contributed by atoms with Gasteiger partial charge in [0.05, 0.1) is 11.7 Å². The van der Waals surface area contributed by atoms with E-state index in [9.17, 15) is 9.59 Å². The number of hydrogen-bond donors (Lipinski definition) is 0. The van der Waals surface area contributed by atoms with Gasteiger partial charge in [0.2, 0.25) is 5.91 Å². The average molecular weight is 356 g/mol. The van der Waals surface area contributed by atoms with Gasteiger partial charge in [-0.1, -0.05) is 5.16 Å². The molecule has 0 N–H and O–H groups in total. The molecule has 4 heterocycles. The largest absolute Gasteiger partial charge is 0.480 e. The first kappa shape index (κ1) is 16.6. The molecule has 0 aromatic carbocycles. The zero-order valence-electron chi connectivity index (χ0n) is 14.8. The number of likely N-dealkylation sites (tertiary alicyclic amines) is 1. The molecule has 4 rings (SSSR count). The fourth-order valence-electron chi connectivity index (χ4n) is 3.75. The second-order valence-electron chi connectivity index (χ2n) is 6.58. The predicted octanol–water partition coefficient (Wildman–Crippen LogP) is 1.78. The second kappa shape index (κ2) is 6.44. The molecule has 0 saturated carbocycles. The van der Waals surface area contributed by atoms with Gasteiger partial charge in [-0.3, -0.25) is 14.5 Å². The predicted molar refractivity (Wildman–Crippen MR) is 91.8 cm³/mol. The number of fused-ring (bicyclic) bond motifs is 1. The number of aryl methyl sites for hydroxylation is 2. The molecule has 0 unspecified atom stereocenters. The third-order valence-corrected chi connectivity index (χ3v) is 4.95. The lowest BCUT2D eigenvalue weighted by molar-refractivity contribution is -0.132. The fraction of sp³-hybridized carbons (Fsp3) is 0.444. The van der Waals surface area contributed by atoms with Gasteiger partial charge in [-0.2, -0.15) is 0 Å². The molecule has 0 bridgehead atoms. The van der Waals surface area contributed by atoms with Crippen molar-refractivity contribution in [2.24, 2.45) is 0 Å². The number of carbonyl (C=O) groups is 2. The minimum Gasteiger partial charge on any atom is -0.480 e. The van der Waals surface area contributed by atoms with Gasteiger partial charge in [0.15, 0.2) is 18.2 Å². The smallest absolute Gasteiger partial charge is 0.266 e. The van der Waals surface area contributed by atoms with E-state index in [0.717, 1.165) is 29.9 Å². The van der Waals surface area contributed by atoms with E-state index in [1.807, 2.05) is 18.7 Å². The summed E-state index contributed by atoms with van der Waals surface area (Å²) in [6.45, 7) is 4.27. The number of pyridine rings is 1. The monoisotopic (exact) mass is 356 g/mol. The van der Waals surface area contributed by atoms with Crippen LogP contribution in [-0.2, 0) is 9.59 Å². The average Bonchev–Trinajstić information content (AvgIpc) is 3.23. The Hall–Kier alpha value is -2.90. The summed E-state index contributed by atoms with van der Waals surface area (Å²) < 4.78 is 10.7. The number of aromatic nitrogens is 2. The van der Waals surface area contributed by atoms with E-state index in [2.05, 4.69) is 10.1 Å². The Morgan fingerprint density at radius 1 is 1.38 bits per heavy atom. The fourth-order valence-corrected chi connectivity index (χ4v) is 3.75. The van der Waals surface area contributed by atoms with Crippen LogP contribution in [0.25, 0.3) is 0 Å². The van der Waals surface area contributed by atoms with Crippen LogP contribution < -0.4 is 9.64 Å². The van der Waals surface area contributed by atoms with Gasteiger partial charge in [0.1, 0.15) is 12.3 Å². The Morgan fingerprint density at radius 2 is 2.23 bits per heavy atom. The molecule has 2 aliphatic rings. The number of anilines is 1. The molecule has 26 heavy (non-hydrogen) atoms. The van der Waals surface area contributed by atoms with Crippen molar-refractivity contribution < 1.29 is 18.8 Å². The summed E-state index contributed by atoms with van der Waals surface area (Å²) >= 11 is 0. The van der Waals surface area contributed by atoms with Crippen molar-refractivity contribution in [2.45, 2.75) is 32.7 Å². The van der Waals surface area contributed by atoms with Crippen LogP contribution in [0, 0.1) is 13.8 Å². The van der Waals surface area contributed by atoms with Crippen LogP contribution in [0.3, 0.4) is 0 Å². The van der Waals surface area contributed by atoms with Gasteiger partial charge < -0.3 is 14.2 Å². The van der Waals surface area contributed by atoms with Crippen molar-refractivity contribution in [2.75, 3.05) is 24.6 Å². The number of ether oxygens (including phenoxy) is 1. The molecule has 1 atom stereocenters. The lowest BCUT2D eigenvalue weighted by Gasteiger charge is -2.31. The highest BCUT2D eigenvalue weighted by atomic mass is 16.5. The third kappa shape index (κ3) is 2.71. The number of nitrogens with zero attached hydrogens (tertiary/aromatic N) is 4. The topological polar surface area (TPSA) is 88.8 Å². The molecule has 2 aromatic rings. The quantitative estimate of drug-likeness (QED) is 0.833. The van der Waals surface area contributed by atoms with Crippen LogP contribution in [0.5, 0.6) is 5.75 Å². The maximum atomic E-state index is 13.0. The zero-order chi connectivity index (χ0) is 18.3. The van der Waals surface area contributed by atoms with Gasteiger partial charge in [-0.05, 0) is 38.8 Å². The number of hydrogen-bond acceptors (Lipinski definition) is 6. The van der Waals surface area contributed by atoms with E-state index >= 15 is 0 Å². The molecule has 136 valence electrons. The van der Waals surface area contributed by atoms with Gasteiger partial charge >= 0.3 is 0 Å². The zero-order valence-corrected chi connectivity index (χ0v) is 14.8. The van der Waals surface area contributed by atoms with Gasteiger partial charge in [0, 0.05) is 18.3 Å². The highest BCUT2D eigenvalue weighted by molar-refractivity contribution is 6.01. The third-order valence-electron chi connectivity index (χ3n) is 4.95. The molecule has 2 aromatic heterocycles. The number of carbonyl (C=O) groups excluding carboxylic acids is 2. The van der Waals surface area contributed by atoms with Crippen LogP contribution in [0.1, 0.15) is 35.9 Å². The summed E-state index contributed by atoms with van der Waals surface area (Å²) in [6.07, 6.45) is 3.35. The Labute approximate surface area is 150 Å². The van der Waals surface area contributed by atoms with Crippen molar-refractivity contribution in [1.82, 2.24) is 15.0 Å². The Balaban J connectivity index is 1.57. The van der Waals surface area contributed by atoms with Crippen LogP contribution in [-0.4, -0.2) is 46.6 Å². The molecule has 0 aliphatic carbocycles. The Kier molecular flexibility index (Phi) is 4.10. The summed E-state index contributed by atoms with van der Waals surface area (Å²) in [4.78, 5) is 32.7. The molecular weight excluding hydrogens is 336 g/mol. The van der Waals surface area contributed by atoms with E-state index in [-0.39, 0.29) is 31.0 Å². The molecular formula is C18H20N4O4. The SMILES string of the molecule is Cc1noc(C)c1[C@@H]1CCCN1C(=O)CN1C(=O)COc2cccnc21. The first-order valence-electron chi connectivity index (χ1n) is 8.66. The van der Waals surface area contributed by atoms with Gasteiger partial charge in [0.25, 0.3) is 5.91 Å². The maximum Gasteiger partial charge on any atom is 0.266 e. The van der Waals surface area contributed by atoms with Gasteiger partial charge in [-0.25, -0.2) is 4.98 Å². The summed E-state index contributed by atoms with van der Waals surface area (Å²) in [5.74, 6) is 1.27. The molecule has 2 aliphatic heterocycles. The van der Waals surface area contributed by atoms with Crippen molar-refractivity contribution in [3.8, 4) is 5.75 Å². The normalized spacial score (nSPS) is 19.5. The Bertz CT molecular complexity index is 843. The molecule has 0 spiro atoms. The van der Waals surface area contributed by atoms with E-state index in [1.165, 1.54) is 4.90 Å². The van der Waals surface area contributed by atoms with E-state index < -0.39 is 0 Å². The van der Waals surface area contributed by atoms with Crippen molar-refractivity contribution in [3.63, 3.8) is 0 Å². The van der Waals surface area contributed by atoms with Crippen molar-refractivity contribution >= 4 is 17.6 Å². The van der Waals surface area contributed by atoms with Crippen LogP contribution >= 0.6 is 0 Å². The van der Waals surface area contributed by atoms with Crippen molar-refractivity contribution in [1.29, 1.82) is 0 Å². The number of amides is 2. The van der Waals surface area contributed by atoms with Crippen molar-refractivity contribution in [3.05, 3.63) is 35.3 Å². The van der Waals surface area contributed by atoms with Gasteiger partial charge in [-0.15, -0.1) is 0 Å². The molecule has 1 fully saturated rings. The standard InChI is InChI=1S/C18H20N4O4/c1-11-17(12(2)26-20-11)13-5-4-8-21(13)15(23)9-22-16(24)10-25-14-6-3-7-19-18(14)22/h3,6-7,13H,4-5,8-10H2,1-2H3/t13-/m0/s1.